The highest BCUT2D eigenvalue weighted by molar-refractivity contribution is 7.37. The van der Waals surface area contributed by atoms with E-state index in [-0.39, 0.29) is 0 Å². The first-order valence-corrected chi connectivity index (χ1v) is 5.61. The highest BCUT2D eigenvalue weighted by atomic mass is 31.1. The summed E-state index contributed by atoms with van der Waals surface area (Å²) in [6, 6.07) is 0. The van der Waals surface area contributed by atoms with Gasteiger partial charge in [-0.05, 0) is 25.2 Å². The van der Waals surface area contributed by atoms with E-state index in [1.165, 1.54) is 19.0 Å². The molecule has 0 aromatic rings. The number of hydrogen-bond donors (Lipinski definition) is 1. The Bertz CT molecular complexity index is 104. The molecule has 2 nitrogen and oxygen atoms in total. The van der Waals surface area contributed by atoms with Gasteiger partial charge in [-0.2, -0.15) is 0 Å². The van der Waals surface area contributed by atoms with E-state index >= 15 is 0 Å². The third kappa shape index (κ3) is 9.90. The molecule has 0 bridgehead atoms. The number of rotatable bonds is 7. The van der Waals surface area contributed by atoms with Gasteiger partial charge in [0, 0.05) is 6.42 Å². The van der Waals surface area contributed by atoms with Crippen LogP contribution < -0.4 is 0 Å². The third-order valence-corrected chi connectivity index (χ3v) is 2.87. The summed E-state index contributed by atoms with van der Waals surface area (Å²) in [7, 11) is 0.975. The molecule has 0 fully saturated rings. The van der Waals surface area contributed by atoms with Crippen LogP contribution in [0, 0.1) is 0 Å². The molecule has 0 radical (unpaired) electrons. The van der Waals surface area contributed by atoms with Gasteiger partial charge in [0.1, 0.15) is 0 Å². The third-order valence-electron chi connectivity index (χ3n) is 1.45. The number of hydrogen-bond acceptors (Lipinski definition) is 1. The zero-order valence-corrected chi connectivity index (χ0v) is 8.10. The van der Waals surface area contributed by atoms with Crippen LogP contribution in [0.5, 0.6) is 0 Å². The predicted octanol–water partition coefficient (Wildman–Crippen LogP) is 2.33. The van der Waals surface area contributed by atoms with Gasteiger partial charge in [0.25, 0.3) is 0 Å². The Hall–Kier alpha value is -0.100. The van der Waals surface area contributed by atoms with Crippen molar-refractivity contribution < 1.29 is 9.90 Å². The van der Waals surface area contributed by atoms with Crippen LogP contribution in [-0.4, -0.2) is 23.4 Å². The Labute approximate surface area is 70.2 Å². The van der Waals surface area contributed by atoms with E-state index < -0.39 is 5.97 Å². The molecule has 0 aliphatic heterocycles. The lowest BCUT2D eigenvalue weighted by Crippen LogP contribution is -1.94. The standard InChI is InChI=1S/C8H17O2P/c1-2-3-6-11-7-4-5-8(9)10/h11H,2-7H2,1H3,(H,9,10). The summed E-state index contributed by atoms with van der Waals surface area (Å²) in [6.45, 7) is 2.18. The second-order valence-corrected chi connectivity index (χ2v) is 4.10. The molecule has 0 heterocycles. The number of carboxylic acid groups (broad SMARTS) is 1. The van der Waals surface area contributed by atoms with E-state index in [1.54, 1.807) is 0 Å². The highest BCUT2D eigenvalue weighted by Crippen LogP contribution is 2.14. The van der Waals surface area contributed by atoms with Crippen LogP contribution in [0.25, 0.3) is 0 Å². The smallest absolute Gasteiger partial charge is 0.303 e. The zero-order valence-electron chi connectivity index (χ0n) is 7.10. The molecule has 0 aliphatic rings. The van der Waals surface area contributed by atoms with Gasteiger partial charge >= 0.3 is 5.97 Å². The van der Waals surface area contributed by atoms with Crippen LogP contribution >= 0.6 is 8.58 Å². The van der Waals surface area contributed by atoms with Crippen LogP contribution in [0.4, 0.5) is 0 Å². The minimum atomic E-state index is -0.662. The fraction of sp³-hybridized carbons (Fsp3) is 0.875. The van der Waals surface area contributed by atoms with E-state index in [0.29, 0.717) is 6.42 Å². The lowest BCUT2D eigenvalue weighted by molar-refractivity contribution is -0.137. The fourth-order valence-corrected chi connectivity index (χ4v) is 2.07. The molecule has 0 saturated heterocycles. The number of aliphatic carboxylic acids is 1. The Morgan fingerprint density at radius 1 is 1.36 bits per heavy atom. The summed E-state index contributed by atoms with van der Waals surface area (Å²) in [5.41, 5.74) is 0. The maximum absolute atomic E-state index is 10.1. The summed E-state index contributed by atoms with van der Waals surface area (Å²) in [5, 5.41) is 8.32. The predicted molar refractivity (Wildman–Crippen MR) is 49.8 cm³/mol. The van der Waals surface area contributed by atoms with Crippen molar-refractivity contribution in [2.75, 3.05) is 12.3 Å². The van der Waals surface area contributed by atoms with Crippen molar-refractivity contribution in [2.45, 2.75) is 32.6 Å². The van der Waals surface area contributed by atoms with Crippen molar-refractivity contribution in [1.82, 2.24) is 0 Å². The monoisotopic (exact) mass is 176 g/mol. The molecule has 3 heteroatoms. The molecular weight excluding hydrogens is 159 g/mol. The molecule has 0 rings (SSSR count). The second kappa shape index (κ2) is 8.00. The lowest BCUT2D eigenvalue weighted by Gasteiger charge is -1.97. The maximum Gasteiger partial charge on any atom is 0.303 e. The van der Waals surface area contributed by atoms with Crippen molar-refractivity contribution in [3.63, 3.8) is 0 Å². The first-order valence-electron chi connectivity index (χ1n) is 4.20. The van der Waals surface area contributed by atoms with Crippen molar-refractivity contribution in [3.05, 3.63) is 0 Å². The Balaban J connectivity index is 2.85. The summed E-state index contributed by atoms with van der Waals surface area (Å²) in [4.78, 5) is 10.1. The van der Waals surface area contributed by atoms with Crippen LogP contribution in [0.3, 0.4) is 0 Å². The van der Waals surface area contributed by atoms with Gasteiger partial charge in [0.05, 0.1) is 0 Å². The average Bonchev–Trinajstić information content (AvgIpc) is 1.96. The lowest BCUT2D eigenvalue weighted by atomic mass is 10.3. The molecule has 0 aliphatic carbocycles. The van der Waals surface area contributed by atoms with E-state index in [1.807, 2.05) is 0 Å². The quantitative estimate of drug-likeness (QED) is 0.477. The molecule has 66 valence electrons. The fourth-order valence-electron chi connectivity index (χ4n) is 0.791. The van der Waals surface area contributed by atoms with Gasteiger partial charge in [-0.15, -0.1) is 8.58 Å². The Morgan fingerprint density at radius 3 is 2.55 bits per heavy atom. The normalized spacial score (nSPS) is 11.0. The van der Waals surface area contributed by atoms with Crippen LogP contribution in [0.15, 0.2) is 0 Å². The SMILES string of the molecule is CCCCPCCCC(=O)O. The maximum atomic E-state index is 10.1. The molecule has 0 aromatic heterocycles. The van der Waals surface area contributed by atoms with E-state index in [9.17, 15) is 4.79 Å². The van der Waals surface area contributed by atoms with Gasteiger partial charge in [-0.1, -0.05) is 13.3 Å². The van der Waals surface area contributed by atoms with E-state index in [2.05, 4.69) is 6.92 Å². The topological polar surface area (TPSA) is 37.3 Å². The molecule has 1 N–H and O–H groups in total. The molecule has 1 atom stereocenters. The van der Waals surface area contributed by atoms with Crippen molar-refractivity contribution in [1.29, 1.82) is 0 Å². The van der Waals surface area contributed by atoms with Crippen molar-refractivity contribution in [2.24, 2.45) is 0 Å². The number of carboxylic acids is 1. The largest absolute Gasteiger partial charge is 0.481 e. The van der Waals surface area contributed by atoms with Gasteiger partial charge in [-0.25, -0.2) is 0 Å². The van der Waals surface area contributed by atoms with Gasteiger partial charge in [0.2, 0.25) is 0 Å². The van der Waals surface area contributed by atoms with Crippen molar-refractivity contribution >= 4 is 14.6 Å². The number of unbranched alkanes of at least 4 members (excludes halogenated alkanes) is 1. The van der Waals surface area contributed by atoms with Gasteiger partial charge in [0.15, 0.2) is 0 Å². The number of carbonyl (C=O) groups is 1. The first-order chi connectivity index (χ1) is 5.27. The van der Waals surface area contributed by atoms with E-state index in [4.69, 9.17) is 5.11 Å². The van der Waals surface area contributed by atoms with Crippen LogP contribution in [0.2, 0.25) is 0 Å². The second-order valence-electron chi connectivity index (χ2n) is 2.60. The van der Waals surface area contributed by atoms with Gasteiger partial charge < -0.3 is 5.11 Å². The molecule has 0 aromatic carbocycles. The molecule has 0 spiro atoms. The highest BCUT2D eigenvalue weighted by Gasteiger charge is 1.95. The minimum Gasteiger partial charge on any atom is -0.481 e. The average molecular weight is 176 g/mol. The molecule has 0 saturated carbocycles. The Morgan fingerprint density at radius 2 is 2.00 bits per heavy atom. The Kier molecular flexibility index (Phi) is 7.93. The van der Waals surface area contributed by atoms with Crippen molar-refractivity contribution in [3.8, 4) is 0 Å². The van der Waals surface area contributed by atoms with Crippen LogP contribution in [0.1, 0.15) is 32.6 Å². The summed E-state index contributed by atoms with van der Waals surface area (Å²) in [6.07, 6.45) is 6.15. The summed E-state index contributed by atoms with van der Waals surface area (Å²) >= 11 is 0. The molecule has 1 unspecified atom stereocenters. The summed E-state index contributed by atoms with van der Waals surface area (Å²) < 4.78 is 0. The van der Waals surface area contributed by atoms with E-state index in [0.717, 1.165) is 21.2 Å². The molecular formula is C8H17O2P. The zero-order chi connectivity index (χ0) is 8.53. The van der Waals surface area contributed by atoms with Gasteiger partial charge in [-0.3, -0.25) is 4.79 Å². The summed E-state index contributed by atoms with van der Waals surface area (Å²) in [5.74, 6) is -0.662. The molecule has 0 amide bonds. The van der Waals surface area contributed by atoms with Crippen LogP contribution in [-0.2, 0) is 4.79 Å². The first kappa shape index (κ1) is 10.9. The molecule has 11 heavy (non-hydrogen) atoms. The minimum absolute atomic E-state index is 0.346.